The molecule has 1 aliphatic carbocycles. The SMILES string of the molecule is NC(=O)c1cnc(NC(CC2CC2)C(N)=O)nc1Nc1cnc2ccccc2c1. The first-order chi connectivity index (χ1) is 14.0. The summed E-state index contributed by atoms with van der Waals surface area (Å²) < 4.78 is 0. The molecule has 2 aromatic heterocycles. The number of carbonyl (C=O) groups excluding carboxylic acids is 2. The summed E-state index contributed by atoms with van der Waals surface area (Å²) in [6, 6.07) is 8.99. The van der Waals surface area contributed by atoms with Crippen LogP contribution in [0.25, 0.3) is 10.9 Å². The van der Waals surface area contributed by atoms with Gasteiger partial charge in [-0.3, -0.25) is 14.6 Å². The second-order valence-electron chi connectivity index (χ2n) is 7.14. The highest BCUT2D eigenvalue weighted by Gasteiger charge is 2.29. The Morgan fingerprint density at radius 2 is 1.93 bits per heavy atom. The molecule has 9 heteroatoms. The van der Waals surface area contributed by atoms with Crippen LogP contribution in [0, 0.1) is 5.92 Å². The third-order valence-electron chi connectivity index (χ3n) is 4.82. The lowest BCUT2D eigenvalue weighted by Crippen LogP contribution is -2.36. The van der Waals surface area contributed by atoms with Crippen LogP contribution in [0.1, 0.15) is 29.6 Å². The largest absolute Gasteiger partial charge is 0.368 e. The zero-order valence-electron chi connectivity index (χ0n) is 15.6. The molecule has 1 fully saturated rings. The van der Waals surface area contributed by atoms with Crippen molar-refractivity contribution < 1.29 is 9.59 Å². The maximum atomic E-state index is 11.8. The zero-order valence-corrected chi connectivity index (χ0v) is 15.6. The Kier molecular flexibility index (Phi) is 4.94. The number of carbonyl (C=O) groups is 2. The number of nitrogens with zero attached hydrogens (tertiary/aromatic N) is 3. The van der Waals surface area contributed by atoms with Crippen LogP contribution in [-0.2, 0) is 4.79 Å². The highest BCUT2D eigenvalue weighted by atomic mass is 16.1. The van der Waals surface area contributed by atoms with E-state index >= 15 is 0 Å². The maximum Gasteiger partial charge on any atom is 0.254 e. The van der Waals surface area contributed by atoms with E-state index in [1.807, 2.05) is 30.3 Å². The number of primary amides is 2. The van der Waals surface area contributed by atoms with Gasteiger partial charge in [0.25, 0.3) is 5.91 Å². The number of hydrogen-bond donors (Lipinski definition) is 4. The number of nitrogens with two attached hydrogens (primary N) is 2. The summed E-state index contributed by atoms with van der Waals surface area (Å²) in [5.41, 5.74) is 12.6. The number of para-hydroxylation sites is 1. The fourth-order valence-electron chi connectivity index (χ4n) is 3.09. The molecule has 1 unspecified atom stereocenters. The molecule has 0 aliphatic heterocycles. The molecule has 9 nitrogen and oxygen atoms in total. The molecule has 29 heavy (non-hydrogen) atoms. The number of fused-ring (bicyclic) bond motifs is 1. The summed E-state index contributed by atoms with van der Waals surface area (Å²) in [7, 11) is 0. The number of aromatic nitrogens is 3. The Morgan fingerprint density at radius 1 is 1.14 bits per heavy atom. The van der Waals surface area contributed by atoms with Gasteiger partial charge in [-0.05, 0) is 24.5 Å². The van der Waals surface area contributed by atoms with Gasteiger partial charge >= 0.3 is 0 Å². The van der Waals surface area contributed by atoms with E-state index in [2.05, 4.69) is 25.6 Å². The molecule has 0 bridgehead atoms. The molecule has 0 radical (unpaired) electrons. The van der Waals surface area contributed by atoms with Crippen molar-refractivity contribution in [2.45, 2.75) is 25.3 Å². The average molecular weight is 391 g/mol. The van der Waals surface area contributed by atoms with Crippen molar-refractivity contribution in [2.24, 2.45) is 17.4 Å². The van der Waals surface area contributed by atoms with Gasteiger partial charge in [-0.15, -0.1) is 0 Å². The van der Waals surface area contributed by atoms with Crippen LogP contribution in [0.2, 0.25) is 0 Å². The van der Waals surface area contributed by atoms with E-state index in [1.54, 1.807) is 6.20 Å². The molecule has 4 rings (SSSR count). The first kappa shape index (κ1) is 18.6. The number of anilines is 3. The number of nitrogens with one attached hydrogen (secondary N) is 2. The zero-order chi connectivity index (χ0) is 20.4. The third kappa shape index (κ3) is 4.40. The van der Waals surface area contributed by atoms with Crippen LogP contribution in [-0.4, -0.2) is 32.8 Å². The summed E-state index contributed by atoms with van der Waals surface area (Å²) >= 11 is 0. The molecule has 148 valence electrons. The van der Waals surface area contributed by atoms with Crippen molar-refractivity contribution in [1.29, 1.82) is 0 Å². The maximum absolute atomic E-state index is 11.8. The van der Waals surface area contributed by atoms with Gasteiger partial charge < -0.3 is 22.1 Å². The molecule has 1 aromatic carbocycles. The van der Waals surface area contributed by atoms with Gasteiger partial charge in [0.1, 0.15) is 17.4 Å². The lowest BCUT2D eigenvalue weighted by Gasteiger charge is -2.16. The molecule has 1 aliphatic rings. The third-order valence-corrected chi connectivity index (χ3v) is 4.82. The Balaban J connectivity index is 1.61. The summed E-state index contributed by atoms with van der Waals surface area (Å²) in [5, 5.41) is 6.97. The van der Waals surface area contributed by atoms with Crippen molar-refractivity contribution in [3.63, 3.8) is 0 Å². The number of benzene rings is 1. The van der Waals surface area contributed by atoms with E-state index in [1.165, 1.54) is 6.20 Å². The number of hydrogen-bond acceptors (Lipinski definition) is 7. The number of pyridine rings is 1. The minimum absolute atomic E-state index is 0.126. The van der Waals surface area contributed by atoms with E-state index < -0.39 is 17.9 Å². The van der Waals surface area contributed by atoms with Crippen LogP contribution >= 0.6 is 0 Å². The van der Waals surface area contributed by atoms with E-state index in [0.29, 0.717) is 18.0 Å². The Bertz CT molecular complexity index is 1080. The molecule has 1 saturated carbocycles. The van der Waals surface area contributed by atoms with Gasteiger partial charge in [-0.1, -0.05) is 31.0 Å². The average Bonchev–Trinajstić information content (AvgIpc) is 3.51. The van der Waals surface area contributed by atoms with E-state index in [4.69, 9.17) is 11.5 Å². The molecule has 2 amide bonds. The highest BCUT2D eigenvalue weighted by Crippen LogP contribution is 2.34. The smallest absolute Gasteiger partial charge is 0.254 e. The summed E-state index contributed by atoms with van der Waals surface area (Å²) in [6.45, 7) is 0. The molecule has 3 aromatic rings. The summed E-state index contributed by atoms with van der Waals surface area (Å²) in [4.78, 5) is 36.4. The van der Waals surface area contributed by atoms with Gasteiger partial charge in [0.05, 0.1) is 17.4 Å². The molecular formula is C20H21N7O2. The van der Waals surface area contributed by atoms with E-state index in [0.717, 1.165) is 23.7 Å². The monoisotopic (exact) mass is 391 g/mol. The lowest BCUT2D eigenvalue weighted by molar-refractivity contribution is -0.119. The summed E-state index contributed by atoms with van der Waals surface area (Å²) in [6.07, 6.45) is 5.78. The minimum Gasteiger partial charge on any atom is -0.368 e. The van der Waals surface area contributed by atoms with Crippen molar-refractivity contribution in [2.75, 3.05) is 10.6 Å². The molecule has 6 N–H and O–H groups in total. The van der Waals surface area contributed by atoms with Crippen molar-refractivity contribution in [3.05, 3.63) is 48.3 Å². The highest BCUT2D eigenvalue weighted by molar-refractivity contribution is 5.98. The number of rotatable bonds is 8. The Labute approximate surface area is 166 Å². The molecular weight excluding hydrogens is 370 g/mol. The van der Waals surface area contributed by atoms with Crippen molar-refractivity contribution in [1.82, 2.24) is 15.0 Å². The lowest BCUT2D eigenvalue weighted by atomic mass is 10.1. The predicted molar refractivity (Wildman–Crippen MR) is 110 cm³/mol. The van der Waals surface area contributed by atoms with Gasteiger partial charge in [-0.25, -0.2) is 4.98 Å². The Morgan fingerprint density at radius 3 is 2.66 bits per heavy atom. The molecule has 0 spiro atoms. The first-order valence-corrected chi connectivity index (χ1v) is 9.34. The van der Waals surface area contributed by atoms with Crippen molar-refractivity contribution >= 4 is 40.2 Å². The van der Waals surface area contributed by atoms with Crippen LogP contribution < -0.4 is 22.1 Å². The first-order valence-electron chi connectivity index (χ1n) is 9.34. The fraction of sp³-hybridized carbons (Fsp3) is 0.250. The minimum atomic E-state index is -0.669. The number of amides is 2. The van der Waals surface area contributed by atoms with Crippen LogP contribution in [0.4, 0.5) is 17.5 Å². The molecule has 0 saturated heterocycles. The quantitative estimate of drug-likeness (QED) is 0.458. The van der Waals surface area contributed by atoms with E-state index in [9.17, 15) is 9.59 Å². The molecule has 2 heterocycles. The van der Waals surface area contributed by atoms with Gasteiger partial charge in [0.15, 0.2) is 0 Å². The van der Waals surface area contributed by atoms with Crippen LogP contribution in [0.15, 0.2) is 42.7 Å². The van der Waals surface area contributed by atoms with E-state index in [-0.39, 0.29) is 17.3 Å². The Hall–Kier alpha value is -3.75. The summed E-state index contributed by atoms with van der Waals surface area (Å²) in [5.74, 6) is -0.228. The van der Waals surface area contributed by atoms with Crippen molar-refractivity contribution in [3.8, 4) is 0 Å². The predicted octanol–water partition coefficient (Wildman–Crippen LogP) is 1.93. The second kappa shape index (κ2) is 7.70. The van der Waals surface area contributed by atoms with Gasteiger partial charge in [0.2, 0.25) is 11.9 Å². The van der Waals surface area contributed by atoms with Gasteiger partial charge in [-0.2, -0.15) is 4.98 Å². The topological polar surface area (TPSA) is 149 Å². The molecule has 1 atom stereocenters. The fourth-order valence-corrected chi connectivity index (χ4v) is 3.09. The van der Waals surface area contributed by atoms with Gasteiger partial charge in [0, 0.05) is 11.6 Å². The van der Waals surface area contributed by atoms with Crippen LogP contribution in [0.3, 0.4) is 0 Å². The van der Waals surface area contributed by atoms with Crippen LogP contribution in [0.5, 0.6) is 0 Å². The standard InChI is InChI=1S/C20H21N7O2/c21-17(28)14-10-24-20(26-16(18(22)29)7-11-5-6-11)27-19(14)25-13-8-12-3-1-2-4-15(12)23-9-13/h1-4,8-11,16H,5-7H2,(H2,21,28)(H2,22,29)(H2,24,25,26,27). The normalized spacial score (nSPS) is 14.3. The second-order valence-corrected chi connectivity index (χ2v) is 7.14.